The molecule has 0 saturated carbocycles. The second-order valence-electron chi connectivity index (χ2n) is 8.38. The standard InChI is InChI=1S/C28H27F2NO5/c1-17(15-33-2)36-24(32)13-18-6-3-4-9-23(18)35-16-21-12-19-10-11-34-28(19)25(27(21)30)22-8-5-7-20(14-31)26(22)29/h3-12,17H,13-16,31H2,1-2H3. The molecule has 0 aliphatic heterocycles. The van der Waals surface area contributed by atoms with Crippen LogP contribution in [0.4, 0.5) is 8.78 Å². The molecule has 4 aromatic rings. The molecule has 8 heteroatoms. The fraction of sp³-hybridized carbons (Fsp3) is 0.250. The molecular formula is C28H27F2NO5. The molecule has 0 saturated heterocycles. The zero-order valence-electron chi connectivity index (χ0n) is 20.1. The molecular weight excluding hydrogens is 468 g/mol. The Balaban J connectivity index is 1.62. The summed E-state index contributed by atoms with van der Waals surface area (Å²) in [5, 5.41) is 0.603. The number of nitrogens with two attached hydrogens (primary N) is 1. The van der Waals surface area contributed by atoms with Crippen molar-refractivity contribution in [2.75, 3.05) is 13.7 Å². The van der Waals surface area contributed by atoms with Gasteiger partial charge in [-0.3, -0.25) is 4.79 Å². The Morgan fingerprint density at radius 2 is 1.81 bits per heavy atom. The fourth-order valence-corrected chi connectivity index (χ4v) is 4.06. The van der Waals surface area contributed by atoms with Crippen molar-refractivity contribution in [3.05, 3.63) is 89.2 Å². The lowest BCUT2D eigenvalue weighted by Crippen LogP contribution is -2.21. The number of fused-ring (bicyclic) bond motifs is 1. The zero-order chi connectivity index (χ0) is 25.7. The van der Waals surface area contributed by atoms with Crippen LogP contribution in [-0.2, 0) is 33.8 Å². The van der Waals surface area contributed by atoms with Gasteiger partial charge < -0.3 is 24.4 Å². The van der Waals surface area contributed by atoms with Crippen LogP contribution in [0, 0.1) is 11.6 Å². The Morgan fingerprint density at radius 1 is 1.03 bits per heavy atom. The van der Waals surface area contributed by atoms with Gasteiger partial charge in [-0.25, -0.2) is 8.78 Å². The number of para-hydroxylation sites is 1. The zero-order valence-corrected chi connectivity index (χ0v) is 20.1. The first-order chi connectivity index (χ1) is 17.4. The number of furan rings is 1. The van der Waals surface area contributed by atoms with Gasteiger partial charge in [0.2, 0.25) is 0 Å². The minimum atomic E-state index is -0.657. The van der Waals surface area contributed by atoms with Crippen molar-refractivity contribution in [1.29, 1.82) is 0 Å². The highest BCUT2D eigenvalue weighted by molar-refractivity contribution is 5.94. The summed E-state index contributed by atoms with van der Waals surface area (Å²) in [6, 6.07) is 14.9. The summed E-state index contributed by atoms with van der Waals surface area (Å²) in [6.45, 7) is 1.86. The Bertz CT molecular complexity index is 1370. The molecule has 6 nitrogen and oxygen atoms in total. The molecule has 1 unspecified atom stereocenters. The number of hydrogen-bond acceptors (Lipinski definition) is 6. The number of rotatable bonds is 10. The number of halogens is 2. The van der Waals surface area contributed by atoms with Crippen molar-refractivity contribution in [3.63, 3.8) is 0 Å². The van der Waals surface area contributed by atoms with Crippen LogP contribution in [0.15, 0.2) is 65.3 Å². The molecule has 0 amide bonds. The SMILES string of the molecule is COCC(C)OC(=O)Cc1ccccc1OCc1cc2ccoc2c(-c2cccc(CN)c2F)c1F. The molecule has 1 aromatic heterocycles. The van der Waals surface area contributed by atoms with Gasteiger partial charge in [0.25, 0.3) is 0 Å². The summed E-state index contributed by atoms with van der Waals surface area (Å²) in [5.41, 5.74) is 7.03. The lowest BCUT2D eigenvalue weighted by Gasteiger charge is -2.15. The smallest absolute Gasteiger partial charge is 0.310 e. The normalized spacial score (nSPS) is 12.0. The molecule has 3 aromatic carbocycles. The van der Waals surface area contributed by atoms with Crippen molar-refractivity contribution >= 4 is 16.9 Å². The molecule has 1 heterocycles. The summed E-state index contributed by atoms with van der Waals surface area (Å²) in [5.74, 6) is -1.27. The Hall–Kier alpha value is -3.75. The largest absolute Gasteiger partial charge is 0.488 e. The summed E-state index contributed by atoms with van der Waals surface area (Å²) in [7, 11) is 1.53. The van der Waals surface area contributed by atoms with E-state index in [-0.39, 0.29) is 60.1 Å². The van der Waals surface area contributed by atoms with Crippen LogP contribution >= 0.6 is 0 Å². The van der Waals surface area contributed by atoms with Crippen molar-refractivity contribution in [3.8, 4) is 16.9 Å². The summed E-state index contributed by atoms with van der Waals surface area (Å²) < 4.78 is 52.6. The van der Waals surface area contributed by atoms with E-state index in [0.29, 0.717) is 16.7 Å². The van der Waals surface area contributed by atoms with E-state index < -0.39 is 17.6 Å². The topological polar surface area (TPSA) is 83.9 Å². The molecule has 1 atom stereocenters. The first-order valence-corrected chi connectivity index (χ1v) is 11.5. The lowest BCUT2D eigenvalue weighted by molar-refractivity contribution is -0.149. The first-order valence-electron chi connectivity index (χ1n) is 11.5. The molecule has 0 aliphatic carbocycles. The van der Waals surface area contributed by atoms with E-state index in [0.717, 1.165) is 0 Å². The number of esters is 1. The van der Waals surface area contributed by atoms with Crippen molar-refractivity contribution in [1.82, 2.24) is 0 Å². The molecule has 188 valence electrons. The monoisotopic (exact) mass is 495 g/mol. The molecule has 0 bridgehead atoms. The van der Waals surface area contributed by atoms with E-state index in [2.05, 4.69) is 0 Å². The van der Waals surface area contributed by atoms with E-state index in [1.807, 2.05) is 0 Å². The molecule has 0 aliphatic rings. The van der Waals surface area contributed by atoms with Crippen molar-refractivity contribution < 1.29 is 32.2 Å². The van der Waals surface area contributed by atoms with E-state index in [4.69, 9.17) is 24.4 Å². The van der Waals surface area contributed by atoms with Crippen molar-refractivity contribution in [2.24, 2.45) is 5.73 Å². The molecule has 4 rings (SSSR count). The number of carbonyl (C=O) groups is 1. The van der Waals surface area contributed by atoms with Crippen LogP contribution < -0.4 is 10.5 Å². The average molecular weight is 496 g/mol. The summed E-state index contributed by atoms with van der Waals surface area (Å²) >= 11 is 0. The third-order valence-corrected chi connectivity index (χ3v) is 5.75. The Morgan fingerprint density at radius 3 is 2.58 bits per heavy atom. The van der Waals surface area contributed by atoms with E-state index in [1.54, 1.807) is 55.5 Å². The Labute approximate surface area is 207 Å². The third-order valence-electron chi connectivity index (χ3n) is 5.75. The minimum absolute atomic E-state index is 0.00731. The molecule has 0 radical (unpaired) electrons. The maximum Gasteiger partial charge on any atom is 0.310 e. The predicted octanol–water partition coefficient (Wildman–Crippen LogP) is 5.54. The first kappa shape index (κ1) is 25.3. The number of hydrogen-bond donors (Lipinski definition) is 1. The van der Waals surface area contributed by atoms with E-state index >= 15 is 8.78 Å². The number of carbonyl (C=O) groups excluding carboxylic acids is 1. The third kappa shape index (κ3) is 5.40. The lowest BCUT2D eigenvalue weighted by atomic mass is 9.97. The number of benzene rings is 3. The van der Waals surface area contributed by atoms with Crippen LogP contribution in [0.1, 0.15) is 23.6 Å². The minimum Gasteiger partial charge on any atom is -0.488 e. The maximum absolute atomic E-state index is 15.8. The highest BCUT2D eigenvalue weighted by atomic mass is 19.1. The van der Waals surface area contributed by atoms with Gasteiger partial charge in [0.15, 0.2) is 0 Å². The summed E-state index contributed by atoms with van der Waals surface area (Å²) in [4.78, 5) is 12.3. The summed E-state index contributed by atoms with van der Waals surface area (Å²) in [6.07, 6.45) is 1.02. The second-order valence-corrected chi connectivity index (χ2v) is 8.38. The quantitative estimate of drug-likeness (QED) is 0.291. The molecule has 0 spiro atoms. The number of methoxy groups -OCH3 is 1. The van der Waals surface area contributed by atoms with Gasteiger partial charge >= 0.3 is 5.97 Å². The van der Waals surface area contributed by atoms with Gasteiger partial charge in [0, 0.05) is 41.3 Å². The van der Waals surface area contributed by atoms with Crippen LogP contribution in [0.5, 0.6) is 5.75 Å². The van der Waals surface area contributed by atoms with Crippen LogP contribution in [0.3, 0.4) is 0 Å². The predicted molar refractivity (Wildman–Crippen MR) is 131 cm³/mol. The van der Waals surface area contributed by atoms with Crippen LogP contribution in [0.25, 0.3) is 22.1 Å². The van der Waals surface area contributed by atoms with Gasteiger partial charge in [-0.15, -0.1) is 0 Å². The highest BCUT2D eigenvalue weighted by Crippen LogP contribution is 2.37. The van der Waals surface area contributed by atoms with Gasteiger partial charge in [-0.1, -0.05) is 36.4 Å². The van der Waals surface area contributed by atoms with Crippen LogP contribution in [-0.4, -0.2) is 25.8 Å². The Kier molecular flexibility index (Phi) is 7.97. The molecule has 2 N–H and O–H groups in total. The molecule has 36 heavy (non-hydrogen) atoms. The average Bonchev–Trinajstić information content (AvgIpc) is 3.32. The van der Waals surface area contributed by atoms with E-state index in [9.17, 15) is 4.79 Å². The fourth-order valence-electron chi connectivity index (χ4n) is 4.06. The van der Waals surface area contributed by atoms with Gasteiger partial charge in [0.1, 0.15) is 35.7 Å². The highest BCUT2D eigenvalue weighted by Gasteiger charge is 2.22. The molecule has 0 fully saturated rings. The van der Waals surface area contributed by atoms with Crippen LogP contribution in [0.2, 0.25) is 0 Å². The van der Waals surface area contributed by atoms with E-state index in [1.165, 1.54) is 19.4 Å². The van der Waals surface area contributed by atoms with Gasteiger partial charge in [-0.2, -0.15) is 0 Å². The van der Waals surface area contributed by atoms with Gasteiger partial charge in [0.05, 0.1) is 24.9 Å². The second kappa shape index (κ2) is 11.3. The van der Waals surface area contributed by atoms with Gasteiger partial charge in [-0.05, 0) is 25.1 Å². The maximum atomic E-state index is 15.8. The van der Waals surface area contributed by atoms with Crippen molar-refractivity contribution in [2.45, 2.75) is 32.6 Å². The number of ether oxygens (including phenoxy) is 3.